The molecule has 71 heavy (non-hydrogen) atoms. The number of fused-ring (bicyclic) bond motifs is 15. The van der Waals surface area contributed by atoms with E-state index in [-0.39, 0.29) is 5.41 Å². The molecule has 0 saturated carbocycles. The number of aromatic nitrogens is 4. The Kier molecular flexibility index (Phi) is 8.19. The van der Waals surface area contributed by atoms with Gasteiger partial charge in [-0.2, -0.15) is 5.26 Å². The van der Waals surface area contributed by atoms with Crippen molar-refractivity contribution in [3.05, 3.63) is 210 Å². The zero-order valence-electron chi connectivity index (χ0n) is 40.5. The van der Waals surface area contributed by atoms with Crippen LogP contribution >= 0.6 is 0 Å². The van der Waals surface area contributed by atoms with E-state index < -0.39 is 10.8 Å². The first-order valence-electron chi connectivity index (χ1n) is 24.6. The van der Waals surface area contributed by atoms with Crippen molar-refractivity contribution < 1.29 is 0 Å². The number of nitriles is 1. The summed E-state index contributed by atoms with van der Waals surface area (Å²) in [7, 11) is 0. The Morgan fingerprint density at radius 2 is 0.690 bits per heavy atom. The van der Waals surface area contributed by atoms with Gasteiger partial charge < -0.3 is 18.3 Å². The van der Waals surface area contributed by atoms with Gasteiger partial charge in [-0.15, -0.1) is 0 Å². The maximum Gasteiger partial charge on any atom is 0.230 e. The van der Waals surface area contributed by atoms with E-state index in [0.29, 0.717) is 11.3 Å². The van der Waals surface area contributed by atoms with E-state index in [1.165, 1.54) is 0 Å². The average molecular weight is 913 g/mol. The van der Waals surface area contributed by atoms with Gasteiger partial charge >= 0.3 is 0 Å². The first-order valence-corrected chi connectivity index (χ1v) is 24.6. The van der Waals surface area contributed by atoms with Gasteiger partial charge in [0, 0.05) is 54.5 Å². The summed E-state index contributed by atoms with van der Waals surface area (Å²) in [5, 5.41) is 21.1. The van der Waals surface area contributed by atoms with Crippen molar-refractivity contribution in [3.63, 3.8) is 0 Å². The van der Waals surface area contributed by atoms with Crippen LogP contribution in [0.3, 0.4) is 0 Å². The van der Waals surface area contributed by atoms with Crippen molar-refractivity contribution in [3.8, 4) is 28.8 Å². The molecule has 0 fully saturated rings. The summed E-state index contributed by atoms with van der Waals surface area (Å²) < 4.78 is 9.57. The lowest BCUT2D eigenvalue weighted by Crippen LogP contribution is -2.42. The van der Waals surface area contributed by atoms with E-state index in [1.807, 2.05) is 0 Å². The Hall–Kier alpha value is -8.84. The third-order valence-corrected chi connectivity index (χ3v) is 17.4. The predicted octanol–water partition coefficient (Wildman–Crippen LogP) is 17.1. The van der Waals surface area contributed by atoms with Crippen molar-refractivity contribution in [2.75, 3.05) is 0 Å². The molecule has 0 radical (unpaired) electrons. The Morgan fingerprint density at radius 1 is 0.380 bits per heavy atom. The second-order valence-corrected chi connectivity index (χ2v) is 21.1. The Bertz CT molecular complexity index is 4260. The molecule has 6 heteroatoms. The summed E-state index contributed by atoms with van der Waals surface area (Å²) in [5.74, 6) is 0. The van der Waals surface area contributed by atoms with Crippen LogP contribution in [0.1, 0.15) is 58.2 Å². The van der Waals surface area contributed by atoms with Crippen molar-refractivity contribution in [1.29, 1.82) is 5.26 Å². The van der Waals surface area contributed by atoms with Crippen molar-refractivity contribution in [2.45, 2.75) is 52.4 Å². The van der Waals surface area contributed by atoms with Crippen molar-refractivity contribution in [1.82, 2.24) is 18.3 Å². The predicted molar refractivity (Wildman–Crippen MR) is 295 cm³/mol. The Morgan fingerprint density at radius 3 is 1.06 bits per heavy atom. The highest BCUT2D eigenvalue weighted by Gasteiger charge is 2.60. The summed E-state index contributed by atoms with van der Waals surface area (Å²) in [6, 6.07) is 67.7. The topological polar surface area (TPSA) is 47.9 Å². The number of hydrogen-bond acceptors (Lipinski definition) is 1. The van der Waals surface area contributed by atoms with Gasteiger partial charge in [-0.05, 0) is 75.9 Å². The number of para-hydroxylation sites is 6. The van der Waals surface area contributed by atoms with Gasteiger partial charge in [-0.1, -0.05) is 175 Å². The zero-order valence-corrected chi connectivity index (χ0v) is 40.5. The van der Waals surface area contributed by atoms with Crippen LogP contribution in [-0.4, -0.2) is 18.3 Å². The standard InChI is InChI=1S/C65H48N6/c1-63(2)54-55(64(3,4)65(63,5)6)62(71-53-33-21-17-29-44(53)48-37-35-46-42-27-15-19-31-51(42)69(59(46)61(48)71)40-24-12-9-13-25-40)56(67-7)49(38-66)57(54)70-52-32-20-16-28-43(52)47-36-34-45-41-26-14-18-30-50(41)68(58(45)60(47)70)39-22-10-8-11-23-39/h8-37H,1-6H3. The van der Waals surface area contributed by atoms with Gasteiger partial charge in [-0.25, -0.2) is 4.85 Å². The van der Waals surface area contributed by atoms with Crippen molar-refractivity contribution in [2.24, 2.45) is 5.41 Å². The highest BCUT2D eigenvalue weighted by atomic mass is 15.1. The van der Waals surface area contributed by atoms with E-state index in [4.69, 9.17) is 0 Å². The van der Waals surface area contributed by atoms with E-state index in [2.05, 4.69) is 253 Å². The molecule has 9 aromatic carbocycles. The van der Waals surface area contributed by atoms with Crippen LogP contribution in [0.15, 0.2) is 182 Å². The summed E-state index contributed by atoms with van der Waals surface area (Å²) in [6.07, 6.45) is 0. The number of benzene rings is 9. The van der Waals surface area contributed by atoms with Gasteiger partial charge in [0.15, 0.2) is 0 Å². The van der Waals surface area contributed by atoms with Gasteiger partial charge in [0.25, 0.3) is 0 Å². The van der Waals surface area contributed by atoms with E-state index in [1.54, 1.807) is 0 Å². The van der Waals surface area contributed by atoms with Crippen LogP contribution in [-0.2, 0) is 10.8 Å². The fourth-order valence-corrected chi connectivity index (χ4v) is 13.1. The second-order valence-electron chi connectivity index (χ2n) is 21.1. The van der Waals surface area contributed by atoms with Crippen LogP contribution in [0.2, 0.25) is 0 Å². The minimum Gasteiger partial charge on any atom is -0.317 e. The third-order valence-electron chi connectivity index (χ3n) is 17.4. The number of rotatable bonds is 4. The summed E-state index contributed by atoms with van der Waals surface area (Å²) >= 11 is 0. The molecule has 6 nitrogen and oxygen atoms in total. The molecule has 14 rings (SSSR count). The molecule has 0 bridgehead atoms. The lowest BCUT2D eigenvalue weighted by molar-refractivity contribution is 0.125. The third kappa shape index (κ3) is 4.99. The van der Waals surface area contributed by atoms with Gasteiger partial charge in [0.2, 0.25) is 5.69 Å². The van der Waals surface area contributed by atoms with Crippen LogP contribution < -0.4 is 0 Å². The molecule has 338 valence electrons. The molecule has 1 aliphatic carbocycles. The normalized spacial score (nSPS) is 14.9. The maximum absolute atomic E-state index is 12.2. The SMILES string of the molecule is [C-]#[N+]c1c(C#N)c(-n2c3ccccc3c3ccc4c5ccccc5n(-c5ccccc5)c4c32)c2c(c1-n1c3ccccc3c3ccc4c5ccccc5n(-c5ccccc5)c4c31)C(C)(C)C(C)(C)C2(C)C. The smallest absolute Gasteiger partial charge is 0.230 e. The minimum absolute atomic E-state index is 0.353. The van der Waals surface area contributed by atoms with E-state index in [0.717, 1.165) is 121 Å². The van der Waals surface area contributed by atoms with Crippen LogP contribution in [0, 0.1) is 23.3 Å². The first kappa shape index (κ1) is 41.2. The minimum atomic E-state index is -0.521. The second kappa shape index (κ2) is 14.1. The van der Waals surface area contributed by atoms with Gasteiger partial charge in [-0.3, -0.25) is 0 Å². The number of nitrogens with zero attached hydrogens (tertiary/aromatic N) is 6. The summed E-state index contributed by atoms with van der Waals surface area (Å²) in [6.45, 7) is 23.8. The average Bonchev–Trinajstić information content (AvgIpc) is 4.15. The van der Waals surface area contributed by atoms with E-state index >= 15 is 0 Å². The largest absolute Gasteiger partial charge is 0.317 e. The molecule has 1 aliphatic rings. The highest BCUT2D eigenvalue weighted by Crippen LogP contribution is 2.67. The zero-order chi connectivity index (χ0) is 48.3. The molecular weight excluding hydrogens is 865 g/mol. The molecule has 0 aliphatic heterocycles. The van der Waals surface area contributed by atoms with Crippen molar-refractivity contribution >= 4 is 92.9 Å². The molecular formula is C65H48N6. The van der Waals surface area contributed by atoms with Crippen LogP contribution in [0.4, 0.5) is 5.69 Å². The fourth-order valence-electron chi connectivity index (χ4n) is 13.1. The molecule has 0 unspecified atom stereocenters. The first-order chi connectivity index (χ1) is 34.5. The van der Waals surface area contributed by atoms with E-state index in [9.17, 15) is 11.8 Å². The lowest BCUT2D eigenvalue weighted by atomic mass is 9.59. The fraction of sp³-hybridized carbons (Fsp3) is 0.138. The summed E-state index contributed by atoms with van der Waals surface area (Å²) in [4.78, 5) is 4.63. The quantitative estimate of drug-likeness (QED) is 0.162. The monoisotopic (exact) mass is 912 g/mol. The van der Waals surface area contributed by atoms with Crippen LogP contribution in [0.25, 0.3) is 115 Å². The molecule has 4 heterocycles. The van der Waals surface area contributed by atoms with Gasteiger partial charge in [0.1, 0.15) is 0 Å². The number of hydrogen-bond donors (Lipinski definition) is 0. The van der Waals surface area contributed by atoms with Gasteiger partial charge in [0.05, 0.1) is 73.7 Å². The Balaban J connectivity index is 1.25. The Labute approximate surface area is 411 Å². The highest BCUT2D eigenvalue weighted by molar-refractivity contribution is 6.26. The lowest BCUT2D eigenvalue weighted by Gasteiger charge is -2.45. The molecule has 0 spiro atoms. The molecule has 4 aromatic heterocycles. The van der Waals surface area contributed by atoms with Crippen LogP contribution in [0.5, 0.6) is 0 Å². The molecule has 0 atom stereocenters. The molecule has 0 amide bonds. The molecule has 0 saturated heterocycles. The maximum atomic E-state index is 12.2. The molecule has 13 aromatic rings. The molecule has 0 N–H and O–H groups in total. The summed E-state index contributed by atoms with van der Waals surface area (Å²) in [5.41, 5.74) is 13.5.